The number of thioether (sulfide) groups is 1. The number of hydrogen-bond acceptors (Lipinski definition) is 4. The second-order valence-electron chi connectivity index (χ2n) is 5.82. The number of β-lactam (4-membered cyclic amide) rings is 1. The van der Waals surface area contributed by atoms with Crippen LogP contribution in [0.3, 0.4) is 0 Å². The Bertz CT molecular complexity index is 874. The summed E-state index contributed by atoms with van der Waals surface area (Å²) in [5.74, 6) is -0.960. The van der Waals surface area contributed by atoms with Crippen LogP contribution in [-0.4, -0.2) is 27.9 Å². The van der Waals surface area contributed by atoms with Gasteiger partial charge in [0.15, 0.2) is 11.6 Å². The number of aliphatic carboxylic acids is 1. The molecule has 1 amide bonds. The van der Waals surface area contributed by atoms with Gasteiger partial charge < -0.3 is 9.90 Å². The fourth-order valence-corrected chi connectivity index (χ4v) is 4.73. The highest BCUT2D eigenvalue weighted by Crippen LogP contribution is 2.45. The molecule has 2 aliphatic rings. The summed E-state index contributed by atoms with van der Waals surface area (Å²) in [5, 5.41) is 12.1. The lowest BCUT2D eigenvalue weighted by Gasteiger charge is -2.51. The number of carbonyl (C=O) groups is 2. The van der Waals surface area contributed by atoms with Crippen molar-refractivity contribution in [3.8, 4) is 0 Å². The van der Waals surface area contributed by atoms with E-state index in [-0.39, 0.29) is 17.0 Å². The maximum atomic E-state index is 12.8. The van der Waals surface area contributed by atoms with Gasteiger partial charge in [0.05, 0.1) is 11.7 Å². The zero-order chi connectivity index (χ0) is 16.2. The lowest BCUT2D eigenvalue weighted by atomic mass is 9.87. The van der Waals surface area contributed by atoms with Gasteiger partial charge in [-0.3, -0.25) is 9.69 Å². The summed E-state index contributed by atoms with van der Waals surface area (Å²) in [6, 6.07) is 11.8. The zero-order valence-electron chi connectivity index (χ0n) is 12.4. The van der Waals surface area contributed by atoms with Gasteiger partial charge in [0.25, 0.3) is 5.54 Å². The molecule has 116 valence electrons. The van der Waals surface area contributed by atoms with Crippen LogP contribution in [0.5, 0.6) is 0 Å². The zero-order valence-corrected chi connectivity index (χ0v) is 13.2. The Balaban J connectivity index is 1.85. The average Bonchev–Trinajstić information content (AvgIpc) is 2.59. The molecule has 0 N–H and O–H groups in total. The first-order valence-electron chi connectivity index (χ1n) is 7.32. The van der Waals surface area contributed by atoms with Crippen LogP contribution in [0.25, 0.3) is 10.9 Å². The summed E-state index contributed by atoms with van der Waals surface area (Å²) in [6.07, 6.45) is 3.43. The number of pyridine rings is 1. The molecule has 0 aliphatic carbocycles. The molecule has 2 aliphatic heterocycles. The summed E-state index contributed by atoms with van der Waals surface area (Å²) in [5.41, 5.74) is 0.133. The van der Waals surface area contributed by atoms with Crippen LogP contribution < -0.4 is 9.67 Å². The van der Waals surface area contributed by atoms with Gasteiger partial charge in [0.1, 0.15) is 0 Å². The van der Waals surface area contributed by atoms with Gasteiger partial charge in [-0.25, -0.2) is 0 Å². The molecule has 2 atom stereocenters. The number of nitrogens with zero attached hydrogens (tertiary/aromatic N) is 2. The van der Waals surface area contributed by atoms with Crippen molar-refractivity contribution < 1.29 is 19.3 Å². The molecular formula is C17H14N2O3S. The maximum Gasteiger partial charge on any atom is 0.303 e. The Morgan fingerprint density at radius 3 is 2.87 bits per heavy atom. The van der Waals surface area contributed by atoms with Crippen LogP contribution in [0.1, 0.15) is 6.92 Å². The normalized spacial score (nSPS) is 26.5. The molecular weight excluding hydrogens is 312 g/mol. The van der Waals surface area contributed by atoms with Crippen molar-refractivity contribution in [3.63, 3.8) is 0 Å². The minimum atomic E-state index is -1.30. The van der Waals surface area contributed by atoms with Crippen LogP contribution in [0.2, 0.25) is 0 Å². The number of rotatable bonds is 2. The van der Waals surface area contributed by atoms with Gasteiger partial charge in [-0.1, -0.05) is 12.1 Å². The first kappa shape index (κ1) is 14.3. The Labute approximate surface area is 137 Å². The second-order valence-corrected chi connectivity index (χ2v) is 6.94. The van der Waals surface area contributed by atoms with Crippen molar-refractivity contribution in [2.75, 3.05) is 5.75 Å². The van der Waals surface area contributed by atoms with E-state index in [1.54, 1.807) is 17.8 Å². The molecule has 1 fully saturated rings. The molecule has 1 aromatic heterocycles. The standard InChI is InChI=1S/C17H14N2O3S/c1-17(18-9-4-6-11-5-2-3-7-12(11)18)15(22)19-13(14(20)21)8-10-23-16(17)19/h2-9,16H,10H2,1H3/t16-,17?/m0/s1. The number of hydrogen-bond donors (Lipinski definition) is 0. The van der Waals surface area contributed by atoms with Crippen LogP contribution in [0.15, 0.2) is 54.4 Å². The van der Waals surface area contributed by atoms with E-state index in [0.29, 0.717) is 5.75 Å². The van der Waals surface area contributed by atoms with Gasteiger partial charge >= 0.3 is 5.91 Å². The summed E-state index contributed by atoms with van der Waals surface area (Å²) in [4.78, 5) is 25.4. The quantitative estimate of drug-likeness (QED) is 0.592. The smallest absolute Gasteiger partial charge is 0.303 e. The Kier molecular flexibility index (Phi) is 2.99. The van der Waals surface area contributed by atoms with E-state index in [1.807, 2.05) is 54.1 Å². The average molecular weight is 326 g/mol. The summed E-state index contributed by atoms with van der Waals surface area (Å²) >= 11 is 1.56. The summed E-state index contributed by atoms with van der Waals surface area (Å²) in [6.45, 7) is 1.87. The van der Waals surface area contributed by atoms with E-state index in [9.17, 15) is 14.7 Å². The Hall–Kier alpha value is -2.34. The highest BCUT2D eigenvalue weighted by Gasteiger charge is 2.67. The third kappa shape index (κ3) is 1.78. The van der Waals surface area contributed by atoms with E-state index < -0.39 is 11.5 Å². The predicted octanol–water partition coefficient (Wildman–Crippen LogP) is 0.391. The number of para-hydroxylation sites is 1. The molecule has 0 saturated carbocycles. The van der Waals surface area contributed by atoms with E-state index >= 15 is 0 Å². The number of carboxylic acid groups (broad SMARTS) is 1. The molecule has 1 saturated heterocycles. The topological polar surface area (TPSA) is 64.3 Å². The highest BCUT2D eigenvalue weighted by molar-refractivity contribution is 8.00. The SMILES string of the molecule is CC1([n+]2cccc3ccccc32)C(=O)N2C(C(=O)[O-])=CCS[C@H]21. The third-order valence-corrected chi connectivity index (χ3v) is 5.92. The van der Waals surface area contributed by atoms with Gasteiger partial charge in [-0.05, 0) is 18.2 Å². The molecule has 4 rings (SSSR count). The molecule has 1 aromatic carbocycles. The van der Waals surface area contributed by atoms with Crippen LogP contribution >= 0.6 is 11.8 Å². The van der Waals surface area contributed by atoms with Crippen molar-refractivity contribution >= 4 is 34.5 Å². The molecule has 23 heavy (non-hydrogen) atoms. The van der Waals surface area contributed by atoms with Crippen LogP contribution in [-0.2, 0) is 15.1 Å². The van der Waals surface area contributed by atoms with E-state index in [4.69, 9.17) is 0 Å². The van der Waals surface area contributed by atoms with Crippen molar-refractivity contribution in [2.24, 2.45) is 0 Å². The number of aromatic nitrogens is 1. The van der Waals surface area contributed by atoms with E-state index in [0.717, 1.165) is 10.9 Å². The maximum absolute atomic E-state index is 12.8. The molecule has 1 unspecified atom stereocenters. The lowest BCUT2D eigenvalue weighted by molar-refractivity contribution is -0.732. The summed E-state index contributed by atoms with van der Waals surface area (Å²) < 4.78 is 1.96. The van der Waals surface area contributed by atoms with Gasteiger partial charge in [0, 0.05) is 30.2 Å². The number of carboxylic acids is 1. The Morgan fingerprint density at radius 1 is 1.35 bits per heavy atom. The summed E-state index contributed by atoms with van der Waals surface area (Å²) in [7, 11) is 0. The molecule has 0 bridgehead atoms. The van der Waals surface area contributed by atoms with Crippen LogP contribution in [0, 0.1) is 0 Å². The number of amides is 1. The molecule has 5 nitrogen and oxygen atoms in total. The first-order valence-corrected chi connectivity index (χ1v) is 8.36. The van der Waals surface area contributed by atoms with Crippen molar-refractivity contribution in [1.82, 2.24) is 4.90 Å². The third-order valence-electron chi connectivity index (χ3n) is 4.57. The largest absolute Gasteiger partial charge is 0.543 e. The highest BCUT2D eigenvalue weighted by atomic mass is 32.2. The fourth-order valence-electron chi connectivity index (χ4n) is 3.40. The second kappa shape index (κ2) is 4.83. The van der Waals surface area contributed by atoms with Gasteiger partial charge in [0.2, 0.25) is 5.52 Å². The number of benzene rings is 1. The van der Waals surface area contributed by atoms with E-state index in [1.165, 1.54) is 4.90 Å². The minimum absolute atomic E-state index is 0.0166. The molecule has 0 radical (unpaired) electrons. The van der Waals surface area contributed by atoms with Gasteiger partial charge in [-0.2, -0.15) is 4.57 Å². The first-order chi connectivity index (χ1) is 11.0. The predicted molar refractivity (Wildman–Crippen MR) is 84.0 cm³/mol. The molecule has 2 aromatic rings. The number of fused-ring (bicyclic) bond motifs is 2. The van der Waals surface area contributed by atoms with Gasteiger partial charge in [-0.15, -0.1) is 11.8 Å². The molecule has 6 heteroatoms. The molecule has 3 heterocycles. The Morgan fingerprint density at radius 2 is 2.09 bits per heavy atom. The van der Waals surface area contributed by atoms with E-state index in [2.05, 4.69) is 0 Å². The van der Waals surface area contributed by atoms with Crippen molar-refractivity contribution in [2.45, 2.75) is 17.8 Å². The van der Waals surface area contributed by atoms with Crippen molar-refractivity contribution in [1.29, 1.82) is 0 Å². The van der Waals surface area contributed by atoms with Crippen molar-refractivity contribution in [3.05, 3.63) is 54.4 Å². The number of carbonyl (C=O) groups excluding carboxylic acids is 2. The fraction of sp³-hybridized carbons (Fsp3) is 0.235. The monoisotopic (exact) mass is 326 g/mol. The minimum Gasteiger partial charge on any atom is -0.543 e. The lowest BCUT2D eigenvalue weighted by Crippen LogP contribution is -2.81. The van der Waals surface area contributed by atoms with Crippen LogP contribution in [0.4, 0.5) is 0 Å². The molecule has 0 spiro atoms.